The quantitative estimate of drug-likeness (QED) is 0.689. The summed E-state index contributed by atoms with van der Waals surface area (Å²) in [7, 11) is 0. The van der Waals surface area contributed by atoms with Gasteiger partial charge in [0.25, 0.3) is 5.91 Å². The predicted octanol–water partition coefficient (Wildman–Crippen LogP) is -0.0267. The Morgan fingerprint density at radius 1 is 1.12 bits per heavy atom. The first kappa shape index (κ1) is 18.4. The van der Waals surface area contributed by atoms with Gasteiger partial charge in [-0.1, -0.05) is 49.6 Å². The number of hydrogen-bond acceptors (Lipinski definition) is 1. The monoisotopic (exact) mass is 345 g/mol. The van der Waals surface area contributed by atoms with Gasteiger partial charge in [-0.3, -0.25) is 4.79 Å². The topological polar surface area (TPSA) is 38.0 Å². The van der Waals surface area contributed by atoms with Crippen molar-refractivity contribution < 1.29 is 14.6 Å². The van der Waals surface area contributed by atoms with Gasteiger partial charge in [-0.05, 0) is 25.7 Å². The number of quaternary nitrogens is 2. The van der Waals surface area contributed by atoms with Crippen LogP contribution in [0, 0.1) is 12.8 Å². The van der Waals surface area contributed by atoms with Gasteiger partial charge in [0, 0.05) is 11.6 Å². The molecule has 1 heterocycles. The number of nitrogens with one attached hydrogen (secondary N) is 3. The molecule has 138 valence electrons. The summed E-state index contributed by atoms with van der Waals surface area (Å²) >= 11 is 0. The minimum atomic E-state index is 0.260. The standard InChI is InChI=1S/C21H33N3O/c1-17-6-5-8-19(14-17)15-23-10-12-24(13-11-23)16-21(25)22-20-9-4-3-7-18(20)2/h5-6,8,14,18,20H,3-4,7,9-13,15-16H2,1-2H3,(H,22,25)/p+2/t18-,20+/m0/s1. The molecule has 2 atom stereocenters. The highest BCUT2D eigenvalue weighted by atomic mass is 16.2. The first-order chi connectivity index (χ1) is 12.1. The van der Waals surface area contributed by atoms with E-state index in [9.17, 15) is 4.79 Å². The van der Waals surface area contributed by atoms with E-state index in [0.29, 0.717) is 18.5 Å². The van der Waals surface area contributed by atoms with Crippen molar-refractivity contribution >= 4 is 5.91 Å². The lowest BCUT2D eigenvalue weighted by Crippen LogP contribution is -3.28. The van der Waals surface area contributed by atoms with Gasteiger partial charge in [-0.25, -0.2) is 0 Å². The van der Waals surface area contributed by atoms with Crippen LogP contribution in [0.2, 0.25) is 0 Å². The summed E-state index contributed by atoms with van der Waals surface area (Å²) in [5.41, 5.74) is 2.78. The van der Waals surface area contributed by atoms with Crippen molar-refractivity contribution in [2.75, 3.05) is 32.7 Å². The maximum Gasteiger partial charge on any atom is 0.275 e. The minimum Gasteiger partial charge on any atom is -0.348 e. The van der Waals surface area contributed by atoms with Crippen LogP contribution in [0.1, 0.15) is 43.7 Å². The second-order valence-corrected chi connectivity index (χ2v) is 8.28. The van der Waals surface area contributed by atoms with Gasteiger partial charge in [0.2, 0.25) is 0 Å². The summed E-state index contributed by atoms with van der Waals surface area (Å²) in [5, 5.41) is 3.31. The number of benzene rings is 1. The maximum atomic E-state index is 12.4. The van der Waals surface area contributed by atoms with Crippen LogP contribution in [-0.2, 0) is 11.3 Å². The van der Waals surface area contributed by atoms with E-state index in [4.69, 9.17) is 0 Å². The highest BCUT2D eigenvalue weighted by molar-refractivity contribution is 5.77. The van der Waals surface area contributed by atoms with E-state index in [1.165, 1.54) is 35.3 Å². The Morgan fingerprint density at radius 2 is 1.84 bits per heavy atom. The van der Waals surface area contributed by atoms with Crippen LogP contribution in [0.5, 0.6) is 0 Å². The molecule has 0 bridgehead atoms. The van der Waals surface area contributed by atoms with E-state index < -0.39 is 0 Å². The summed E-state index contributed by atoms with van der Waals surface area (Å²) in [4.78, 5) is 15.5. The number of carbonyl (C=O) groups is 1. The number of rotatable bonds is 5. The second kappa shape index (κ2) is 8.81. The molecule has 1 aliphatic heterocycles. The van der Waals surface area contributed by atoms with Crippen molar-refractivity contribution in [1.82, 2.24) is 5.32 Å². The van der Waals surface area contributed by atoms with E-state index in [0.717, 1.165) is 39.1 Å². The van der Waals surface area contributed by atoms with E-state index in [2.05, 4.69) is 43.4 Å². The molecular weight excluding hydrogens is 310 g/mol. The molecule has 4 nitrogen and oxygen atoms in total. The fourth-order valence-corrected chi connectivity index (χ4v) is 4.44. The summed E-state index contributed by atoms with van der Waals surface area (Å²) in [5.74, 6) is 0.902. The summed E-state index contributed by atoms with van der Waals surface area (Å²) < 4.78 is 0. The molecule has 1 saturated carbocycles. The van der Waals surface area contributed by atoms with Crippen LogP contribution in [-0.4, -0.2) is 44.7 Å². The average Bonchev–Trinajstić information content (AvgIpc) is 2.59. The zero-order chi connectivity index (χ0) is 17.6. The predicted molar refractivity (Wildman–Crippen MR) is 101 cm³/mol. The lowest BCUT2D eigenvalue weighted by molar-refractivity contribution is -1.02. The highest BCUT2D eigenvalue weighted by Crippen LogP contribution is 2.23. The molecule has 3 rings (SSSR count). The van der Waals surface area contributed by atoms with Gasteiger partial charge >= 0.3 is 0 Å². The molecule has 3 N–H and O–H groups in total. The Balaban J connectivity index is 1.39. The molecule has 1 saturated heterocycles. The Kier molecular flexibility index (Phi) is 6.49. The van der Waals surface area contributed by atoms with Crippen LogP contribution >= 0.6 is 0 Å². The molecule has 2 aliphatic rings. The highest BCUT2D eigenvalue weighted by Gasteiger charge is 2.27. The average molecular weight is 346 g/mol. The Bertz CT molecular complexity index is 566. The summed E-state index contributed by atoms with van der Waals surface area (Å²) in [6, 6.07) is 9.26. The Hall–Kier alpha value is -1.39. The fourth-order valence-electron chi connectivity index (χ4n) is 4.44. The fraction of sp³-hybridized carbons (Fsp3) is 0.667. The zero-order valence-corrected chi connectivity index (χ0v) is 15.9. The van der Waals surface area contributed by atoms with Crippen LogP contribution < -0.4 is 15.1 Å². The number of hydrogen-bond donors (Lipinski definition) is 3. The Labute approximate surface area is 152 Å². The van der Waals surface area contributed by atoms with Gasteiger partial charge in [0.1, 0.15) is 32.7 Å². The molecule has 2 fully saturated rings. The van der Waals surface area contributed by atoms with E-state index in [-0.39, 0.29) is 5.91 Å². The molecule has 4 heteroatoms. The van der Waals surface area contributed by atoms with Crippen molar-refractivity contribution in [2.24, 2.45) is 5.92 Å². The maximum absolute atomic E-state index is 12.4. The van der Waals surface area contributed by atoms with Crippen LogP contribution in [0.25, 0.3) is 0 Å². The third-order valence-electron chi connectivity index (χ3n) is 6.07. The van der Waals surface area contributed by atoms with Crippen molar-refractivity contribution in [1.29, 1.82) is 0 Å². The van der Waals surface area contributed by atoms with Crippen molar-refractivity contribution in [3.05, 3.63) is 35.4 Å². The van der Waals surface area contributed by atoms with E-state index >= 15 is 0 Å². The Morgan fingerprint density at radius 3 is 2.56 bits per heavy atom. The van der Waals surface area contributed by atoms with E-state index in [1.54, 1.807) is 4.90 Å². The van der Waals surface area contributed by atoms with Gasteiger partial charge in [-0.15, -0.1) is 0 Å². The molecule has 1 aromatic carbocycles. The molecule has 1 amide bonds. The minimum absolute atomic E-state index is 0.260. The van der Waals surface area contributed by atoms with Crippen molar-refractivity contribution in [3.63, 3.8) is 0 Å². The SMILES string of the molecule is Cc1cccc(C[NH+]2CC[NH+](CC(=O)N[C@@H]3CCCC[C@@H]3C)CC2)c1. The molecule has 1 aliphatic carbocycles. The van der Waals surface area contributed by atoms with E-state index in [1.807, 2.05) is 0 Å². The summed E-state index contributed by atoms with van der Waals surface area (Å²) in [6.45, 7) is 10.7. The molecule has 0 unspecified atom stereocenters. The van der Waals surface area contributed by atoms with Crippen LogP contribution in [0.3, 0.4) is 0 Å². The third kappa shape index (κ3) is 5.55. The van der Waals surface area contributed by atoms with Gasteiger partial charge in [-0.2, -0.15) is 0 Å². The van der Waals surface area contributed by atoms with Crippen LogP contribution in [0.15, 0.2) is 24.3 Å². The number of amides is 1. The first-order valence-corrected chi connectivity index (χ1v) is 10.1. The molecule has 25 heavy (non-hydrogen) atoms. The normalized spacial score (nSPS) is 30.0. The molecule has 1 aromatic rings. The zero-order valence-electron chi connectivity index (χ0n) is 15.9. The van der Waals surface area contributed by atoms with Crippen molar-refractivity contribution in [3.8, 4) is 0 Å². The molecule has 0 spiro atoms. The summed E-state index contributed by atoms with van der Waals surface area (Å²) in [6.07, 6.45) is 5.02. The first-order valence-electron chi connectivity index (χ1n) is 10.1. The number of piperazine rings is 1. The lowest BCUT2D eigenvalue weighted by Gasteiger charge is -2.32. The van der Waals surface area contributed by atoms with Gasteiger partial charge < -0.3 is 15.1 Å². The van der Waals surface area contributed by atoms with Gasteiger partial charge in [0.15, 0.2) is 6.54 Å². The van der Waals surface area contributed by atoms with Crippen LogP contribution in [0.4, 0.5) is 0 Å². The molecular formula is C21H35N3O+2. The molecule has 0 aromatic heterocycles. The largest absolute Gasteiger partial charge is 0.348 e. The number of carbonyl (C=O) groups excluding carboxylic acids is 1. The van der Waals surface area contributed by atoms with Gasteiger partial charge in [0.05, 0.1) is 0 Å². The second-order valence-electron chi connectivity index (χ2n) is 8.28. The smallest absolute Gasteiger partial charge is 0.275 e. The lowest BCUT2D eigenvalue weighted by atomic mass is 9.86. The molecule has 0 radical (unpaired) electrons. The van der Waals surface area contributed by atoms with Crippen molar-refractivity contribution in [2.45, 2.75) is 52.1 Å². The third-order valence-corrected chi connectivity index (χ3v) is 6.07. The number of aryl methyl sites for hydroxylation is 1.